The summed E-state index contributed by atoms with van der Waals surface area (Å²) >= 11 is 0. The fourth-order valence-corrected chi connectivity index (χ4v) is 10.9. The Labute approximate surface area is 563 Å². The van der Waals surface area contributed by atoms with Gasteiger partial charge in [0.05, 0.1) is 11.1 Å². The number of hydrogen-bond acceptors (Lipinski definition) is 0. The van der Waals surface area contributed by atoms with Crippen LogP contribution < -0.4 is 0 Å². The maximum atomic E-state index is 14.6. The molecule has 0 atom stereocenters. The molecular formula is C83H62F16. The molecule has 12 rings (SSSR count). The molecule has 0 aliphatic carbocycles. The van der Waals surface area contributed by atoms with E-state index in [0.717, 1.165) is 115 Å². The minimum Gasteiger partial charge on any atom is -0.207 e. The maximum Gasteiger partial charge on any atom is 0.194 e. The summed E-state index contributed by atoms with van der Waals surface area (Å²) in [4.78, 5) is 0. The van der Waals surface area contributed by atoms with E-state index in [0.29, 0.717) is 51.1 Å². The summed E-state index contributed by atoms with van der Waals surface area (Å²) in [5.74, 6) is -18.7. The van der Waals surface area contributed by atoms with Crippen molar-refractivity contribution in [2.75, 3.05) is 0 Å². The molecule has 0 aliphatic rings. The summed E-state index contributed by atoms with van der Waals surface area (Å²) in [7, 11) is 0. The first-order valence-electron chi connectivity index (χ1n) is 31.5. The van der Waals surface area contributed by atoms with Crippen LogP contribution in [0.15, 0.2) is 212 Å². The monoisotopic (exact) mass is 1360 g/mol. The lowest BCUT2D eigenvalue weighted by Crippen LogP contribution is -1.97. The van der Waals surface area contributed by atoms with Crippen molar-refractivity contribution in [3.05, 3.63) is 333 Å². The molecule has 0 N–H and O–H groups in total. The van der Waals surface area contributed by atoms with Gasteiger partial charge in [-0.1, -0.05) is 174 Å². The first-order valence-corrected chi connectivity index (χ1v) is 31.5. The lowest BCUT2D eigenvalue weighted by Gasteiger charge is -2.11. The Balaban J connectivity index is 0.000000154. The Bertz CT molecular complexity index is 4670. The number of rotatable bonds is 14. The smallest absolute Gasteiger partial charge is 0.194 e. The highest BCUT2D eigenvalue weighted by molar-refractivity contribution is 5.76. The summed E-state index contributed by atoms with van der Waals surface area (Å²) in [5.41, 5.74) is 9.40. The van der Waals surface area contributed by atoms with Gasteiger partial charge >= 0.3 is 0 Å². The molecule has 99 heavy (non-hydrogen) atoms. The summed E-state index contributed by atoms with van der Waals surface area (Å²) < 4.78 is 219. The largest absolute Gasteiger partial charge is 0.207 e. The van der Waals surface area contributed by atoms with Crippen molar-refractivity contribution in [1.82, 2.24) is 0 Å². The maximum absolute atomic E-state index is 14.6. The molecule has 16 heteroatoms. The lowest BCUT2D eigenvalue weighted by atomic mass is 9.97. The van der Waals surface area contributed by atoms with Crippen molar-refractivity contribution in [3.8, 4) is 89.0 Å². The molecular weight excluding hydrogens is 1300 g/mol. The second-order valence-electron chi connectivity index (χ2n) is 23.2. The predicted molar refractivity (Wildman–Crippen MR) is 360 cm³/mol. The Hall–Kier alpha value is -10.5. The van der Waals surface area contributed by atoms with Gasteiger partial charge in [-0.2, -0.15) is 0 Å². The number of halogens is 16. The molecule has 0 saturated heterocycles. The van der Waals surface area contributed by atoms with Crippen molar-refractivity contribution < 1.29 is 70.2 Å². The minimum absolute atomic E-state index is 0.0177. The second kappa shape index (κ2) is 32.7. The first-order chi connectivity index (χ1) is 47.4. The van der Waals surface area contributed by atoms with E-state index >= 15 is 0 Å². The fraction of sp³-hybridized carbons (Fsp3) is 0.133. The summed E-state index contributed by atoms with van der Waals surface area (Å²) in [6.45, 7) is 9.54. The van der Waals surface area contributed by atoms with Crippen LogP contribution in [0, 0.1) is 100.0 Å². The van der Waals surface area contributed by atoms with E-state index < -0.39 is 110 Å². The van der Waals surface area contributed by atoms with Gasteiger partial charge in [-0.25, -0.2) is 70.2 Å². The lowest BCUT2D eigenvalue weighted by molar-refractivity contribution is 0.447. The van der Waals surface area contributed by atoms with E-state index in [4.69, 9.17) is 0 Å². The molecule has 506 valence electrons. The van der Waals surface area contributed by atoms with Gasteiger partial charge in [-0.3, -0.25) is 0 Å². The third-order valence-corrected chi connectivity index (χ3v) is 16.4. The zero-order chi connectivity index (χ0) is 71.4. The predicted octanol–water partition coefficient (Wildman–Crippen LogP) is 25.6. The average molecular weight is 1360 g/mol. The number of hydrogen-bond donors (Lipinski definition) is 0. The highest BCUT2D eigenvalue weighted by atomic mass is 19.2. The van der Waals surface area contributed by atoms with E-state index in [1.165, 1.54) is 42.3 Å². The van der Waals surface area contributed by atoms with Gasteiger partial charge in [-0.15, -0.1) is 0 Å². The quantitative estimate of drug-likeness (QED) is 0.0752. The second-order valence-corrected chi connectivity index (χ2v) is 23.2. The van der Waals surface area contributed by atoms with Crippen LogP contribution in [-0.4, -0.2) is 0 Å². The third-order valence-electron chi connectivity index (χ3n) is 16.4. The third kappa shape index (κ3) is 17.6. The molecule has 0 aliphatic heterocycles. The van der Waals surface area contributed by atoms with Crippen molar-refractivity contribution in [2.24, 2.45) is 0 Å². The molecule has 0 amide bonds. The normalized spacial score (nSPS) is 10.9. The van der Waals surface area contributed by atoms with Crippen LogP contribution in [0.3, 0.4) is 0 Å². The topological polar surface area (TPSA) is 0 Å². The molecule has 0 saturated carbocycles. The Morgan fingerprint density at radius 2 is 0.424 bits per heavy atom. The standard InChI is InChI=1S/C22H18F4.C21H16F4.C20H13F5.C20H15F3/c1-3-4-14-5-7-15(8-6-14)16-9-20(25)22(21(26)10-16)17-11-18(23)13(2)19(24)12-17;1-2-3-13-4-6-14(7-5-13)15-8-9-17(18(22)10-15)16-11-19(23)21(25)20(24)12-16;1-2-11-3-5-12(6-4-11)13-7-15(21)19(16(22)8-13)14-9-17(23)20(25)18(24)10-14;1-2-13-3-5-14(6-4-13)15-7-9-16(10-8-15)17-11-18(21)20(23)19(22)12-17/h5-12H,3-4H2,1-2H3;4-12H,2-3H2,1H3;3-10H,2H2,1H3;3-12H,2H2,1H3. The molecule has 0 fully saturated rings. The van der Waals surface area contributed by atoms with Gasteiger partial charge in [0.2, 0.25) is 0 Å². The van der Waals surface area contributed by atoms with Crippen molar-refractivity contribution in [2.45, 2.75) is 73.1 Å². The zero-order valence-electron chi connectivity index (χ0n) is 54.0. The molecule has 12 aromatic carbocycles. The molecule has 0 radical (unpaired) electrons. The van der Waals surface area contributed by atoms with E-state index in [1.54, 1.807) is 30.3 Å². The molecule has 0 nitrogen and oxygen atoms in total. The number of benzene rings is 12. The van der Waals surface area contributed by atoms with Gasteiger partial charge in [0.25, 0.3) is 0 Å². The summed E-state index contributed by atoms with van der Waals surface area (Å²) in [5, 5.41) is 0. The van der Waals surface area contributed by atoms with Crippen LogP contribution in [0.1, 0.15) is 68.4 Å². The van der Waals surface area contributed by atoms with Crippen LogP contribution in [0.5, 0.6) is 0 Å². The summed E-state index contributed by atoms with van der Waals surface area (Å²) in [6, 6.07) is 53.6. The molecule has 0 aromatic heterocycles. The summed E-state index contributed by atoms with van der Waals surface area (Å²) in [6.07, 6.45) is 5.81. The minimum atomic E-state index is -1.68. The molecule has 0 unspecified atom stereocenters. The zero-order valence-corrected chi connectivity index (χ0v) is 54.0. The van der Waals surface area contributed by atoms with Crippen LogP contribution in [-0.2, 0) is 25.7 Å². The van der Waals surface area contributed by atoms with Gasteiger partial charge < -0.3 is 0 Å². The van der Waals surface area contributed by atoms with Crippen LogP contribution in [0.4, 0.5) is 70.2 Å². The van der Waals surface area contributed by atoms with Gasteiger partial charge in [-0.05, 0) is 206 Å². The molecule has 0 heterocycles. The van der Waals surface area contributed by atoms with Gasteiger partial charge in [0.15, 0.2) is 52.4 Å². The molecule has 0 bridgehead atoms. The van der Waals surface area contributed by atoms with Gasteiger partial charge in [0, 0.05) is 11.1 Å². The van der Waals surface area contributed by atoms with Crippen molar-refractivity contribution in [3.63, 3.8) is 0 Å². The van der Waals surface area contributed by atoms with Crippen LogP contribution in [0.2, 0.25) is 0 Å². The van der Waals surface area contributed by atoms with Crippen molar-refractivity contribution >= 4 is 0 Å². The number of aryl methyl sites for hydroxylation is 4. The molecule has 12 aromatic rings. The van der Waals surface area contributed by atoms with E-state index in [2.05, 4.69) is 32.9 Å². The highest BCUT2D eigenvalue weighted by Gasteiger charge is 2.22. The van der Waals surface area contributed by atoms with E-state index in [1.807, 2.05) is 91.9 Å². The average Bonchev–Trinajstić information content (AvgIpc) is 0.831. The van der Waals surface area contributed by atoms with Crippen LogP contribution in [0.25, 0.3) is 89.0 Å². The van der Waals surface area contributed by atoms with Crippen molar-refractivity contribution in [1.29, 1.82) is 0 Å². The highest BCUT2D eigenvalue weighted by Crippen LogP contribution is 2.37. The molecule has 0 spiro atoms. The Morgan fingerprint density at radius 3 is 0.717 bits per heavy atom. The SMILES string of the molecule is CCCc1ccc(-c2cc(F)c(-c3cc(F)c(C)c(F)c3)c(F)c2)cc1.CCCc1ccc(-c2ccc(-c3cc(F)c(F)c(F)c3)c(F)c2)cc1.CCc1ccc(-c2cc(F)c(-c3cc(F)c(F)c(F)c3)c(F)c2)cc1.CCc1ccc(-c2ccc(-c3cc(F)c(F)c(F)c3)cc2)cc1. The van der Waals surface area contributed by atoms with Gasteiger partial charge in [0.1, 0.15) is 40.7 Å². The first kappa shape index (κ1) is 72.8. The Kier molecular flexibility index (Phi) is 24.0. The van der Waals surface area contributed by atoms with Crippen LogP contribution >= 0.6 is 0 Å². The van der Waals surface area contributed by atoms with E-state index in [-0.39, 0.29) is 22.3 Å². The fourth-order valence-electron chi connectivity index (χ4n) is 10.9. The Morgan fingerprint density at radius 1 is 0.202 bits per heavy atom. The van der Waals surface area contributed by atoms with E-state index in [9.17, 15) is 70.2 Å².